The molecule has 0 radical (unpaired) electrons. The summed E-state index contributed by atoms with van der Waals surface area (Å²) >= 11 is 0. The van der Waals surface area contributed by atoms with Crippen LogP contribution in [0.5, 0.6) is 0 Å². The van der Waals surface area contributed by atoms with Crippen LogP contribution in [0.4, 0.5) is 0 Å². The first-order valence-electron chi connectivity index (χ1n) is 12.4. The number of rotatable bonds is 9. The van der Waals surface area contributed by atoms with Gasteiger partial charge in [-0.1, -0.05) is 69.7 Å². The van der Waals surface area contributed by atoms with E-state index in [4.69, 9.17) is 4.74 Å². The number of esters is 1. The lowest BCUT2D eigenvalue weighted by Crippen LogP contribution is -2.25. The Morgan fingerprint density at radius 1 is 0.862 bits per heavy atom. The van der Waals surface area contributed by atoms with Gasteiger partial charge in [0, 0.05) is 0 Å². The highest BCUT2D eigenvalue weighted by Crippen LogP contribution is 2.44. The maximum absolute atomic E-state index is 11.6. The number of unbranched alkanes of at least 4 members (excludes halogenated alkanes) is 2. The third-order valence-corrected chi connectivity index (χ3v) is 7.65. The summed E-state index contributed by atoms with van der Waals surface area (Å²) in [5.74, 6) is 3.60. The van der Waals surface area contributed by atoms with E-state index in [-0.39, 0.29) is 5.97 Å². The Morgan fingerprint density at radius 2 is 1.48 bits per heavy atom. The number of carbonyl (C=O) groups is 1. The van der Waals surface area contributed by atoms with Gasteiger partial charge in [-0.25, -0.2) is 0 Å². The van der Waals surface area contributed by atoms with E-state index in [1.54, 1.807) is 0 Å². The molecule has 162 valence electrons. The van der Waals surface area contributed by atoms with Gasteiger partial charge in [0.15, 0.2) is 0 Å². The molecule has 0 heterocycles. The second-order valence-electron chi connectivity index (χ2n) is 9.61. The third kappa shape index (κ3) is 6.86. The summed E-state index contributed by atoms with van der Waals surface area (Å²) in [7, 11) is 0. The van der Waals surface area contributed by atoms with Crippen LogP contribution in [-0.2, 0) is 16.0 Å². The lowest BCUT2D eigenvalue weighted by molar-refractivity contribution is -0.142. The van der Waals surface area contributed by atoms with Crippen LogP contribution in [0.1, 0.15) is 108 Å². The van der Waals surface area contributed by atoms with Crippen molar-refractivity contribution in [2.75, 3.05) is 6.61 Å². The first-order chi connectivity index (χ1) is 14.2. The predicted octanol–water partition coefficient (Wildman–Crippen LogP) is 7.45. The topological polar surface area (TPSA) is 26.3 Å². The van der Waals surface area contributed by atoms with Crippen LogP contribution in [0.15, 0.2) is 24.3 Å². The second kappa shape index (κ2) is 11.8. The fraction of sp³-hybridized carbons (Fsp3) is 0.741. The van der Waals surface area contributed by atoms with Gasteiger partial charge >= 0.3 is 5.97 Å². The van der Waals surface area contributed by atoms with Crippen molar-refractivity contribution in [2.24, 2.45) is 17.8 Å². The summed E-state index contributed by atoms with van der Waals surface area (Å²) in [6.07, 6.45) is 17.6. The van der Waals surface area contributed by atoms with E-state index in [1.165, 1.54) is 82.6 Å². The van der Waals surface area contributed by atoms with Gasteiger partial charge in [0.25, 0.3) is 0 Å². The zero-order valence-corrected chi connectivity index (χ0v) is 18.8. The fourth-order valence-electron chi connectivity index (χ4n) is 5.84. The Hall–Kier alpha value is -1.31. The first kappa shape index (κ1) is 22.4. The molecule has 1 aromatic carbocycles. The molecule has 0 bridgehead atoms. The van der Waals surface area contributed by atoms with Crippen LogP contribution >= 0.6 is 0 Å². The molecule has 0 aromatic heterocycles. The van der Waals surface area contributed by atoms with Crippen molar-refractivity contribution in [3.8, 4) is 0 Å². The minimum Gasteiger partial charge on any atom is -0.466 e. The SMILES string of the molecule is CCCCCC1CCC(C2CCC(c3ccc(CC(=O)OCC)cc3)CC2)CC1. The van der Waals surface area contributed by atoms with Gasteiger partial charge in [-0.2, -0.15) is 0 Å². The molecule has 0 N–H and O–H groups in total. The zero-order chi connectivity index (χ0) is 20.5. The molecule has 2 nitrogen and oxygen atoms in total. The van der Waals surface area contributed by atoms with E-state index in [2.05, 4.69) is 31.2 Å². The number of hydrogen-bond acceptors (Lipinski definition) is 2. The minimum atomic E-state index is -0.124. The molecule has 0 saturated heterocycles. The molecule has 0 unspecified atom stereocenters. The number of ether oxygens (including phenoxy) is 1. The zero-order valence-electron chi connectivity index (χ0n) is 18.8. The lowest BCUT2D eigenvalue weighted by atomic mass is 9.68. The Morgan fingerprint density at radius 3 is 2.07 bits per heavy atom. The lowest BCUT2D eigenvalue weighted by Gasteiger charge is -2.38. The molecular weight excluding hydrogens is 356 g/mol. The van der Waals surface area contributed by atoms with Gasteiger partial charge in [0.2, 0.25) is 0 Å². The van der Waals surface area contributed by atoms with E-state index in [0.717, 1.165) is 23.3 Å². The molecule has 0 amide bonds. The summed E-state index contributed by atoms with van der Waals surface area (Å²) in [6.45, 7) is 4.63. The molecule has 2 saturated carbocycles. The third-order valence-electron chi connectivity index (χ3n) is 7.65. The maximum atomic E-state index is 11.6. The first-order valence-corrected chi connectivity index (χ1v) is 12.4. The number of carbonyl (C=O) groups excluding carboxylic acids is 1. The number of benzene rings is 1. The molecule has 2 aliphatic carbocycles. The smallest absolute Gasteiger partial charge is 0.310 e. The van der Waals surface area contributed by atoms with E-state index < -0.39 is 0 Å². The summed E-state index contributed by atoms with van der Waals surface area (Å²) in [5, 5.41) is 0. The van der Waals surface area contributed by atoms with E-state index in [1.807, 2.05) is 6.92 Å². The average Bonchev–Trinajstić information content (AvgIpc) is 2.75. The molecule has 2 aliphatic rings. The summed E-state index contributed by atoms with van der Waals surface area (Å²) in [4.78, 5) is 11.6. The Kier molecular flexibility index (Phi) is 9.08. The predicted molar refractivity (Wildman–Crippen MR) is 121 cm³/mol. The molecule has 1 aromatic rings. The van der Waals surface area contributed by atoms with Gasteiger partial charge in [-0.3, -0.25) is 4.79 Å². The van der Waals surface area contributed by atoms with E-state index in [0.29, 0.717) is 18.9 Å². The fourth-order valence-corrected chi connectivity index (χ4v) is 5.84. The quantitative estimate of drug-likeness (QED) is 0.319. The van der Waals surface area contributed by atoms with Crippen LogP contribution in [-0.4, -0.2) is 12.6 Å². The maximum Gasteiger partial charge on any atom is 0.310 e. The molecule has 0 atom stereocenters. The second-order valence-corrected chi connectivity index (χ2v) is 9.61. The highest BCUT2D eigenvalue weighted by molar-refractivity contribution is 5.72. The van der Waals surface area contributed by atoms with Crippen LogP contribution < -0.4 is 0 Å². The van der Waals surface area contributed by atoms with Crippen LogP contribution in [0.25, 0.3) is 0 Å². The van der Waals surface area contributed by atoms with Gasteiger partial charge in [-0.15, -0.1) is 0 Å². The van der Waals surface area contributed by atoms with Crippen molar-refractivity contribution in [3.63, 3.8) is 0 Å². The molecule has 2 heteroatoms. The molecule has 0 aliphatic heterocycles. The summed E-state index contributed by atoms with van der Waals surface area (Å²) < 4.78 is 5.05. The number of hydrogen-bond donors (Lipinski definition) is 0. The molecule has 2 fully saturated rings. The van der Waals surface area contributed by atoms with Crippen molar-refractivity contribution in [2.45, 2.75) is 103 Å². The van der Waals surface area contributed by atoms with Crippen molar-refractivity contribution < 1.29 is 9.53 Å². The monoisotopic (exact) mass is 398 g/mol. The molecule has 3 rings (SSSR count). The Labute approximate surface area is 178 Å². The van der Waals surface area contributed by atoms with Crippen molar-refractivity contribution in [1.82, 2.24) is 0 Å². The molecular formula is C27H42O2. The van der Waals surface area contributed by atoms with Crippen LogP contribution in [0.2, 0.25) is 0 Å². The summed E-state index contributed by atoms with van der Waals surface area (Å²) in [5.41, 5.74) is 2.53. The average molecular weight is 399 g/mol. The molecule has 29 heavy (non-hydrogen) atoms. The van der Waals surface area contributed by atoms with Gasteiger partial charge in [-0.05, 0) is 80.2 Å². The van der Waals surface area contributed by atoms with Crippen molar-refractivity contribution in [1.29, 1.82) is 0 Å². The normalized spacial score (nSPS) is 27.5. The highest BCUT2D eigenvalue weighted by Gasteiger charge is 2.31. The standard InChI is InChI=1S/C27H42O2/c1-3-5-6-7-21-8-12-23(13-9-21)25-16-18-26(19-17-25)24-14-10-22(11-15-24)20-27(28)29-4-2/h10-11,14-15,21,23,25-26H,3-9,12-13,16-20H2,1-2H3. The van der Waals surface area contributed by atoms with Gasteiger partial charge < -0.3 is 4.74 Å². The van der Waals surface area contributed by atoms with Gasteiger partial charge in [0.1, 0.15) is 0 Å². The largest absolute Gasteiger partial charge is 0.466 e. The van der Waals surface area contributed by atoms with Crippen LogP contribution in [0.3, 0.4) is 0 Å². The minimum absolute atomic E-state index is 0.124. The summed E-state index contributed by atoms with van der Waals surface area (Å²) in [6, 6.07) is 8.75. The van der Waals surface area contributed by atoms with Crippen molar-refractivity contribution >= 4 is 5.97 Å². The Bertz CT molecular complexity index is 589. The highest BCUT2D eigenvalue weighted by atomic mass is 16.5. The van der Waals surface area contributed by atoms with Crippen LogP contribution in [0, 0.1) is 17.8 Å². The Balaban J connectivity index is 1.40. The van der Waals surface area contributed by atoms with E-state index >= 15 is 0 Å². The molecule has 0 spiro atoms. The van der Waals surface area contributed by atoms with Crippen molar-refractivity contribution in [3.05, 3.63) is 35.4 Å². The van der Waals surface area contributed by atoms with Gasteiger partial charge in [0.05, 0.1) is 13.0 Å². The van der Waals surface area contributed by atoms with E-state index in [9.17, 15) is 4.79 Å².